The zero-order valence-electron chi connectivity index (χ0n) is 5.95. The molecule has 0 amide bonds. The van der Waals surface area contributed by atoms with Crippen LogP contribution in [-0.4, -0.2) is 62.5 Å². The molecule has 0 radical (unpaired) electrons. The van der Waals surface area contributed by atoms with E-state index < -0.39 is 5.97 Å². The Morgan fingerprint density at radius 2 is 1.83 bits per heavy atom. The number of hydrogen-bond acceptors (Lipinski definition) is 1. The van der Waals surface area contributed by atoms with Crippen LogP contribution in [0.15, 0.2) is 30.8 Å². The molecule has 12 heavy (non-hydrogen) atoms. The predicted molar refractivity (Wildman–Crippen MR) is 50.6 cm³/mol. The van der Waals surface area contributed by atoms with Crippen molar-refractivity contribution in [3.05, 3.63) is 42.0 Å². The van der Waals surface area contributed by atoms with Crippen molar-refractivity contribution in [1.29, 1.82) is 0 Å². The van der Waals surface area contributed by atoms with Crippen molar-refractivity contribution in [2.45, 2.75) is 0 Å². The summed E-state index contributed by atoms with van der Waals surface area (Å²) in [5.74, 6) is -0.902. The molecule has 0 saturated heterocycles. The maximum absolute atomic E-state index is 10.4. The Bertz CT molecular complexity index is 277. The zero-order valence-corrected chi connectivity index (χ0v) is 5.95. The molecule has 0 aliphatic carbocycles. The van der Waals surface area contributed by atoms with E-state index in [9.17, 15) is 4.79 Å². The predicted octanol–water partition coefficient (Wildman–Crippen LogP) is 1.38. The first-order chi connectivity index (χ1) is 5.24. The Balaban J connectivity index is 0.00000121. The topological polar surface area (TPSA) is 37.3 Å². The number of rotatable bonds is 2. The molecule has 2 nitrogen and oxygen atoms in total. The van der Waals surface area contributed by atoms with Crippen LogP contribution in [-0.2, 0) is 0 Å². The van der Waals surface area contributed by atoms with Crippen LogP contribution < -0.4 is 0 Å². The van der Waals surface area contributed by atoms with Crippen molar-refractivity contribution in [2.24, 2.45) is 0 Å². The fourth-order valence-electron chi connectivity index (χ4n) is 0.762. The average molecular weight is 188 g/mol. The number of benzene rings is 1. The Morgan fingerprint density at radius 1 is 1.33 bits per heavy atom. The van der Waals surface area contributed by atoms with Crippen molar-refractivity contribution in [3.8, 4) is 0 Å². The van der Waals surface area contributed by atoms with Crippen molar-refractivity contribution in [2.75, 3.05) is 0 Å². The van der Waals surface area contributed by atoms with Gasteiger partial charge in [-0.05, 0) is 17.7 Å². The van der Waals surface area contributed by atoms with E-state index in [4.69, 9.17) is 5.11 Å². The molecule has 0 unspecified atom stereocenters. The van der Waals surface area contributed by atoms with Gasteiger partial charge in [-0.3, -0.25) is 0 Å². The van der Waals surface area contributed by atoms with E-state index in [0.717, 1.165) is 5.56 Å². The molecule has 1 rings (SSSR count). The molecule has 0 fully saturated rings. The van der Waals surface area contributed by atoms with Crippen LogP contribution in [0.4, 0.5) is 0 Å². The zero-order chi connectivity index (χ0) is 8.27. The summed E-state index contributed by atoms with van der Waals surface area (Å²) in [6, 6.07) is 6.55. The third-order valence-electron chi connectivity index (χ3n) is 1.39. The molecule has 0 bridgehead atoms. The Morgan fingerprint density at radius 3 is 2.17 bits per heavy atom. The molecule has 0 atom stereocenters. The van der Waals surface area contributed by atoms with Crippen LogP contribution in [0.5, 0.6) is 0 Å². The van der Waals surface area contributed by atoms with Gasteiger partial charge in [-0.15, -0.1) is 0 Å². The van der Waals surface area contributed by atoms with Gasteiger partial charge in [0.25, 0.3) is 0 Å². The molecule has 0 heterocycles. The normalized spacial score (nSPS) is 8.33. The molecule has 3 heteroatoms. The number of aromatic carboxylic acids is 1. The minimum atomic E-state index is -0.902. The first-order valence-electron chi connectivity index (χ1n) is 3.20. The first kappa shape index (κ1) is 12.1. The van der Waals surface area contributed by atoms with Crippen LogP contribution in [0.3, 0.4) is 0 Å². The van der Waals surface area contributed by atoms with E-state index in [1.165, 1.54) is 0 Å². The second-order valence-corrected chi connectivity index (χ2v) is 2.13. The van der Waals surface area contributed by atoms with E-state index in [-0.39, 0.29) is 51.4 Å². The van der Waals surface area contributed by atoms with Gasteiger partial charge in [0.2, 0.25) is 0 Å². The van der Waals surface area contributed by atoms with Crippen LogP contribution in [0.25, 0.3) is 6.08 Å². The number of carbonyl (C=O) groups is 1. The van der Waals surface area contributed by atoms with Gasteiger partial charge in [-0.2, -0.15) is 0 Å². The van der Waals surface area contributed by atoms with E-state index in [2.05, 4.69) is 6.58 Å². The van der Waals surface area contributed by atoms with Gasteiger partial charge >= 0.3 is 57.4 Å². The van der Waals surface area contributed by atoms with Gasteiger partial charge in [0, 0.05) is 0 Å². The van der Waals surface area contributed by atoms with Gasteiger partial charge in [0.1, 0.15) is 0 Å². The standard InChI is InChI=1S/C9H8O2.K.H/c1-2-7-3-5-8(6-4-7)9(10)11;;/h2-6H,1H2,(H,10,11);;. The van der Waals surface area contributed by atoms with Gasteiger partial charge in [-0.25, -0.2) is 4.79 Å². The number of carboxylic acids is 1. The SMILES string of the molecule is C=Cc1ccc(C(=O)O)cc1.[KH]. The Kier molecular flexibility index (Phi) is 5.70. The van der Waals surface area contributed by atoms with Crippen molar-refractivity contribution in [3.63, 3.8) is 0 Å². The summed E-state index contributed by atoms with van der Waals surface area (Å²) >= 11 is 0. The molecular weight excluding hydrogens is 179 g/mol. The van der Waals surface area contributed by atoms with E-state index in [1.807, 2.05) is 0 Å². The van der Waals surface area contributed by atoms with Crippen molar-refractivity contribution >= 4 is 63.4 Å². The fraction of sp³-hybridized carbons (Fsp3) is 0. The number of carboxylic acid groups (broad SMARTS) is 1. The molecule has 0 saturated carbocycles. The molecule has 1 aromatic carbocycles. The van der Waals surface area contributed by atoms with E-state index in [1.54, 1.807) is 30.3 Å². The third kappa shape index (κ3) is 3.21. The van der Waals surface area contributed by atoms with Crippen LogP contribution >= 0.6 is 0 Å². The minimum absolute atomic E-state index is 0. The van der Waals surface area contributed by atoms with Gasteiger partial charge in [-0.1, -0.05) is 24.8 Å². The first-order valence-corrected chi connectivity index (χ1v) is 3.20. The second-order valence-electron chi connectivity index (χ2n) is 2.13. The van der Waals surface area contributed by atoms with Crippen LogP contribution in [0, 0.1) is 0 Å². The second kappa shape index (κ2) is 5.67. The summed E-state index contributed by atoms with van der Waals surface area (Å²) in [6.45, 7) is 3.56. The molecule has 0 aromatic heterocycles. The summed E-state index contributed by atoms with van der Waals surface area (Å²) < 4.78 is 0. The fourth-order valence-corrected chi connectivity index (χ4v) is 0.762. The van der Waals surface area contributed by atoms with Crippen molar-refractivity contribution in [1.82, 2.24) is 0 Å². The summed E-state index contributed by atoms with van der Waals surface area (Å²) in [5, 5.41) is 8.52. The van der Waals surface area contributed by atoms with Gasteiger partial charge in [0.15, 0.2) is 0 Å². The molecule has 1 aromatic rings. The summed E-state index contributed by atoms with van der Waals surface area (Å²) in [6.07, 6.45) is 1.67. The third-order valence-corrected chi connectivity index (χ3v) is 1.39. The molecular formula is C9H9KO2. The molecule has 0 spiro atoms. The summed E-state index contributed by atoms with van der Waals surface area (Å²) in [4.78, 5) is 10.4. The monoisotopic (exact) mass is 188 g/mol. The van der Waals surface area contributed by atoms with Crippen LogP contribution in [0.1, 0.15) is 15.9 Å². The summed E-state index contributed by atoms with van der Waals surface area (Å²) in [5.41, 5.74) is 1.23. The van der Waals surface area contributed by atoms with Crippen molar-refractivity contribution < 1.29 is 9.90 Å². The molecule has 0 aliphatic heterocycles. The molecule has 0 aliphatic rings. The molecule has 1 N–H and O–H groups in total. The number of hydrogen-bond donors (Lipinski definition) is 1. The summed E-state index contributed by atoms with van der Waals surface area (Å²) in [7, 11) is 0. The quantitative estimate of drug-likeness (QED) is 0.712. The van der Waals surface area contributed by atoms with E-state index >= 15 is 0 Å². The Hall–Kier alpha value is 0.0664. The maximum atomic E-state index is 10.4. The Labute approximate surface area is 114 Å². The van der Waals surface area contributed by atoms with Gasteiger partial charge < -0.3 is 5.11 Å². The van der Waals surface area contributed by atoms with E-state index in [0.29, 0.717) is 5.56 Å². The molecule has 58 valence electrons. The average Bonchev–Trinajstić information content (AvgIpc) is 2.05. The van der Waals surface area contributed by atoms with Crippen LogP contribution in [0.2, 0.25) is 0 Å². The van der Waals surface area contributed by atoms with Gasteiger partial charge in [0.05, 0.1) is 5.56 Å².